The summed E-state index contributed by atoms with van der Waals surface area (Å²) in [5, 5.41) is 0. The number of aromatic amines is 1. The van der Waals surface area contributed by atoms with Crippen LogP contribution < -0.4 is 5.69 Å². The van der Waals surface area contributed by atoms with Crippen molar-refractivity contribution in [2.45, 2.75) is 13.5 Å². The molecule has 0 bridgehead atoms. The number of halogens is 1. The minimum Gasteiger partial charge on any atom is -0.305 e. The van der Waals surface area contributed by atoms with Gasteiger partial charge < -0.3 is 4.98 Å². The highest BCUT2D eigenvalue weighted by Gasteiger charge is 2.06. The van der Waals surface area contributed by atoms with Crippen molar-refractivity contribution >= 4 is 27.0 Å². The largest absolute Gasteiger partial charge is 0.326 e. The van der Waals surface area contributed by atoms with Crippen molar-refractivity contribution < 1.29 is 0 Å². The Hall–Kier alpha value is -1.03. The average Bonchev–Trinajstić information content (AvgIpc) is 2.43. The normalized spacial score (nSPS) is 10.9. The van der Waals surface area contributed by atoms with E-state index in [1.54, 1.807) is 4.57 Å². The minimum atomic E-state index is -0.0515. The minimum absolute atomic E-state index is 0.0515. The first kappa shape index (κ1) is 8.56. The van der Waals surface area contributed by atoms with Gasteiger partial charge in [0.2, 0.25) is 0 Å². The van der Waals surface area contributed by atoms with E-state index in [0.29, 0.717) is 6.54 Å². The van der Waals surface area contributed by atoms with Gasteiger partial charge in [0, 0.05) is 11.0 Å². The molecule has 0 fully saturated rings. The molecule has 13 heavy (non-hydrogen) atoms. The van der Waals surface area contributed by atoms with Gasteiger partial charge in [-0.3, -0.25) is 4.57 Å². The lowest BCUT2D eigenvalue weighted by atomic mass is 10.3. The Balaban J connectivity index is 2.94. The van der Waals surface area contributed by atoms with Crippen LogP contribution in [0.15, 0.2) is 27.5 Å². The zero-order valence-electron chi connectivity index (χ0n) is 7.17. The van der Waals surface area contributed by atoms with Crippen LogP contribution in [0.5, 0.6) is 0 Å². The maximum absolute atomic E-state index is 11.4. The van der Waals surface area contributed by atoms with Gasteiger partial charge in [-0.1, -0.05) is 6.07 Å². The highest BCUT2D eigenvalue weighted by Crippen LogP contribution is 2.20. The monoisotopic (exact) mass is 240 g/mol. The number of aryl methyl sites for hydroxylation is 1. The van der Waals surface area contributed by atoms with Gasteiger partial charge in [0.05, 0.1) is 11.0 Å². The molecule has 1 aromatic carbocycles. The van der Waals surface area contributed by atoms with E-state index in [-0.39, 0.29) is 5.69 Å². The van der Waals surface area contributed by atoms with Crippen LogP contribution in [-0.2, 0) is 6.54 Å². The molecule has 0 saturated carbocycles. The fourth-order valence-electron chi connectivity index (χ4n) is 1.46. The molecule has 1 N–H and O–H groups in total. The standard InChI is InChI=1S/C9H9BrN2O/c1-2-12-7-5-3-4-6(10)8(7)11-9(12)13/h3-5H,2H2,1H3,(H,11,13). The van der Waals surface area contributed by atoms with Gasteiger partial charge in [0.25, 0.3) is 0 Å². The Kier molecular flexibility index (Phi) is 2.00. The second kappa shape index (κ2) is 3.03. The predicted molar refractivity (Wildman–Crippen MR) is 55.9 cm³/mol. The highest BCUT2D eigenvalue weighted by molar-refractivity contribution is 9.10. The molecule has 4 heteroatoms. The van der Waals surface area contributed by atoms with Crippen LogP contribution in [0.25, 0.3) is 11.0 Å². The lowest BCUT2D eigenvalue weighted by Gasteiger charge is -1.97. The fourth-order valence-corrected chi connectivity index (χ4v) is 1.91. The van der Waals surface area contributed by atoms with E-state index in [0.717, 1.165) is 15.5 Å². The van der Waals surface area contributed by atoms with Crippen molar-refractivity contribution in [3.63, 3.8) is 0 Å². The summed E-state index contributed by atoms with van der Waals surface area (Å²) in [7, 11) is 0. The molecule has 68 valence electrons. The summed E-state index contributed by atoms with van der Waals surface area (Å²) in [6, 6.07) is 5.77. The SMILES string of the molecule is CCn1c(=O)[nH]c2c(Br)cccc21. The molecule has 0 amide bonds. The van der Waals surface area contributed by atoms with Crippen molar-refractivity contribution in [2.75, 3.05) is 0 Å². The molecule has 1 heterocycles. The van der Waals surface area contributed by atoms with Crippen LogP contribution in [0, 0.1) is 0 Å². The molecule has 1 aromatic heterocycles. The molecular weight excluding hydrogens is 232 g/mol. The third kappa shape index (κ3) is 1.21. The third-order valence-electron chi connectivity index (χ3n) is 2.08. The Bertz CT molecular complexity index is 498. The topological polar surface area (TPSA) is 37.8 Å². The lowest BCUT2D eigenvalue weighted by Crippen LogP contribution is -2.14. The van der Waals surface area contributed by atoms with Crippen LogP contribution in [-0.4, -0.2) is 9.55 Å². The molecule has 0 aliphatic heterocycles. The van der Waals surface area contributed by atoms with E-state index in [1.807, 2.05) is 25.1 Å². The van der Waals surface area contributed by atoms with Crippen LogP contribution >= 0.6 is 15.9 Å². The average molecular weight is 241 g/mol. The summed E-state index contributed by atoms with van der Waals surface area (Å²) < 4.78 is 2.63. The summed E-state index contributed by atoms with van der Waals surface area (Å²) in [5.41, 5.74) is 1.76. The molecule has 0 spiro atoms. The molecule has 0 atom stereocenters. The van der Waals surface area contributed by atoms with Crippen LogP contribution in [0.1, 0.15) is 6.92 Å². The number of imidazole rings is 1. The number of para-hydroxylation sites is 1. The molecule has 0 unspecified atom stereocenters. The number of nitrogens with zero attached hydrogens (tertiary/aromatic N) is 1. The molecule has 0 saturated heterocycles. The van der Waals surface area contributed by atoms with Gasteiger partial charge in [-0.25, -0.2) is 4.79 Å². The Morgan fingerprint density at radius 2 is 2.31 bits per heavy atom. The Morgan fingerprint density at radius 1 is 1.54 bits per heavy atom. The quantitative estimate of drug-likeness (QED) is 0.815. The summed E-state index contributed by atoms with van der Waals surface area (Å²) in [5.74, 6) is 0. The smallest absolute Gasteiger partial charge is 0.305 e. The number of hydrogen-bond donors (Lipinski definition) is 1. The van der Waals surface area contributed by atoms with Gasteiger partial charge >= 0.3 is 5.69 Å². The molecule has 2 aromatic rings. The number of aromatic nitrogens is 2. The van der Waals surface area contributed by atoms with Gasteiger partial charge in [0.15, 0.2) is 0 Å². The molecule has 2 rings (SSSR count). The predicted octanol–water partition coefficient (Wildman–Crippen LogP) is 2.11. The number of nitrogens with one attached hydrogen (secondary N) is 1. The van der Waals surface area contributed by atoms with Crippen molar-refractivity contribution in [3.05, 3.63) is 33.2 Å². The first-order valence-electron chi connectivity index (χ1n) is 4.11. The van der Waals surface area contributed by atoms with E-state index in [2.05, 4.69) is 20.9 Å². The first-order valence-corrected chi connectivity index (χ1v) is 4.90. The number of hydrogen-bond acceptors (Lipinski definition) is 1. The Labute approximate surface area is 83.5 Å². The maximum Gasteiger partial charge on any atom is 0.326 e. The van der Waals surface area contributed by atoms with Gasteiger partial charge in [-0.05, 0) is 35.0 Å². The summed E-state index contributed by atoms with van der Waals surface area (Å²) in [4.78, 5) is 14.2. The second-order valence-corrected chi connectivity index (χ2v) is 3.66. The summed E-state index contributed by atoms with van der Waals surface area (Å²) in [6.45, 7) is 2.64. The van der Waals surface area contributed by atoms with E-state index in [1.165, 1.54) is 0 Å². The van der Waals surface area contributed by atoms with E-state index >= 15 is 0 Å². The second-order valence-electron chi connectivity index (χ2n) is 2.81. The molecular formula is C9H9BrN2O. The van der Waals surface area contributed by atoms with Crippen molar-refractivity contribution in [1.29, 1.82) is 0 Å². The summed E-state index contributed by atoms with van der Waals surface area (Å²) >= 11 is 3.39. The van der Waals surface area contributed by atoms with Crippen molar-refractivity contribution in [3.8, 4) is 0 Å². The van der Waals surface area contributed by atoms with Gasteiger partial charge in [-0.2, -0.15) is 0 Å². The first-order chi connectivity index (χ1) is 6.24. The molecule has 0 aliphatic carbocycles. The number of H-pyrrole nitrogens is 1. The van der Waals surface area contributed by atoms with E-state index in [4.69, 9.17) is 0 Å². The summed E-state index contributed by atoms with van der Waals surface area (Å²) in [6.07, 6.45) is 0. The fraction of sp³-hybridized carbons (Fsp3) is 0.222. The van der Waals surface area contributed by atoms with E-state index in [9.17, 15) is 4.79 Å². The molecule has 3 nitrogen and oxygen atoms in total. The molecule has 0 radical (unpaired) electrons. The van der Waals surface area contributed by atoms with Crippen LogP contribution in [0.2, 0.25) is 0 Å². The van der Waals surface area contributed by atoms with Crippen LogP contribution in [0.4, 0.5) is 0 Å². The lowest BCUT2D eigenvalue weighted by molar-refractivity contribution is 0.753. The number of benzene rings is 1. The van der Waals surface area contributed by atoms with Crippen LogP contribution in [0.3, 0.4) is 0 Å². The zero-order valence-corrected chi connectivity index (χ0v) is 8.76. The molecule has 0 aliphatic rings. The van der Waals surface area contributed by atoms with E-state index < -0.39 is 0 Å². The maximum atomic E-state index is 11.4. The number of fused-ring (bicyclic) bond motifs is 1. The van der Waals surface area contributed by atoms with Crippen molar-refractivity contribution in [1.82, 2.24) is 9.55 Å². The number of rotatable bonds is 1. The highest BCUT2D eigenvalue weighted by atomic mass is 79.9. The van der Waals surface area contributed by atoms with Crippen molar-refractivity contribution in [2.24, 2.45) is 0 Å². The zero-order chi connectivity index (χ0) is 9.42. The van der Waals surface area contributed by atoms with Gasteiger partial charge in [0.1, 0.15) is 0 Å². The Morgan fingerprint density at radius 3 is 3.00 bits per heavy atom. The third-order valence-corrected chi connectivity index (χ3v) is 2.74. The van der Waals surface area contributed by atoms with Gasteiger partial charge in [-0.15, -0.1) is 0 Å².